The number of hydrogen-bond donors (Lipinski definition) is 0. The molecule has 0 aromatic carbocycles. The summed E-state index contributed by atoms with van der Waals surface area (Å²) in [6, 6.07) is 0. The predicted octanol–water partition coefficient (Wildman–Crippen LogP) is 0.722. The van der Waals surface area contributed by atoms with Gasteiger partial charge in [-0.2, -0.15) is 0 Å². The van der Waals surface area contributed by atoms with Crippen LogP contribution in [-0.4, -0.2) is 14.5 Å². The second kappa shape index (κ2) is 3.63. The third kappa shape index (κ3) is 1.93. The summed E-state index contributed by atoms with van der Waals surface area (Å²) in [6.07, 6.45) is 5.57. The quantitative estimate of drug-likeness (QED) is 0.601. The first kappa shape index (κ1) is 10.7. The Morgan fingerprint density at radius 2 is 2.00 bits per heavy atom. The van der Waals surface area contributed by atoms with E-state index >= 15 is 0 Å². The summed E-state index contributed by atoms with van der Waals surface area (Å²) in [5.41, 5.74) is -0.675. The molecule has 0 spiro atoms. The molecule has 5 heteroatoms. The molecule has 1 aromatic rings. The standard InChI is InChI=1S/C10H13BrN2O2/c1-12-4-5-13(9(15)8(12)14)7-10(6-11)2-3-10/h4-5H,2-3,6-7H2,1H3. The van der Waals surface area contributed by atoms with E-state index in [0.29, 0.717) is 6.54 Å². The molecule has 0 amide bonds. The normalized spacial score (nSPS) is 17.7. The Kier molecular flexibility index (Phi) is 2.58. The van der Waals surface area contributed by atoms with Crippen LogP contribution in [0, 0.1) is 5.41 Å². The monoisotopic (exact) mass is 272 g/mol. The molecule has 82 valence electrons. The molecule has 0 saturated heterocycles. The van der Waals surface area contributed by atoms with Crippen molar-refractivity contribution >= 4 is 15.9 Å². The average Bonchev–Trinajstić information content (AvgIpc) is 3.00. The summed E-state index contributed by atoms with van der Waals surface area (Å²) < 4.78 is 2.84. The Hall–Kier alpha value is -0.840. The molecule has 0 atom stereocenters. The van der Waals surface area contributed by atoms with Gasteiger partial charge in [0.05, 0.1) is 0 Å². The first-order chi connectivity index (χ1) is 7.08. The lowest BCUT2D eigenvalue weighted by Crippen LogP contribution is -2.40. The number of alkyl halides is 1. The lowest BCUT2D eigenvalue weighted by Gasteiger charge is -2.13. The third-order valence-corrected chi connectivity index (χ3v) is 4.17. The van der Waals surface area contributed by atoms with Gasteiger partial charge in [0.25, 0.3) is 0 Å². The first-order valence-electron chi connectivity index (χ1n) is 4.90. The van der Waals surface area contributed by atoms with E-state index in [1.807, 2.05) is 0 Å². The smallest absolute Gasteiger partial charge is 0.312 e. The summed E-state index contributed by atoms with van der Waals surface area (Å²) >= 11 is 3.45. The Bertz CT molecular complexity index is 485. The molecule has 0 unspecified atom stereocenters. The van der Waals surface area contributed by atoms with Gasteiger partial charge in [0.2, 0.25) is 0 Å². The fourth-order valence-electron chi connectivity index (χ4n) is 1.59. The molecule has 1 aliphatic carbocycles. The highest BCUT2D eigenvalue weighted by atomic mass is 79.9. The summed E-state index contributed by atoms with van der Waals surface area (Å²) in [7, 11) is 1.59. The van der Waals surface area contributed by atoms with Crippen LogP contribution in [0.4, 0.5) is 0 Å². The fourth-order valence-corrected chi connectivity index (χ4v) is 2.32. The Labute approximate surface area is 95.7 Å². The molecule has 1 saturated carbocycles. The van der Waals surface area contributed by atoms with Gasteiger partial charge >= 0.3 is 11.1 Å². The molecular formula is C10H13BrN2O2. The van der Waals surface area contributed by atoms with Crippen molar-refractivity contribution in [2.24, 2.45) is 12.5 Å². The second-order valence-electron chi connectivity index (χ2n) is 4.28. The van der Waals surface area contributed by atoms with Crippen LogP contribution in [-0.2, 0) is 13.6 Å². The van der Waals surface area contributed by atoms with E-state index in [9.17, 15) is 9.59 Å². The van der Waals surface area contributed by atoms with Gasteiger partial charge in [-0.1, -0.05) is 15.9 Å². The summed E-state index contributed by atoms with van der Waals surface area (Å²) in [5.74, 6) is 0. The SMILES string of the molecule is Cn1ccn(CC2(CBr)CC2)c(=O)c1=O. The van der Waals surface area contributed by atoms with E-state index in [-0.39, 0.29) is 5.41 Å². The maximum absolute atomic E-state index is 11.6. The fraction of sp³-hybridized carbons (Fsp3) is 0.600. The zero-order valence-electron chi connectivity index (χ0n) is 8.57. The number of aromatic nitrogens is 2. The van der Waals surface area contributed by atoms with Crippen LogP contribution in [0.25, 0.3) is 0 Å². The minimum Gasteiger partial charge on any atom is -0.312 e. The van der Waals surface area contributed by atoms with Gasteiger partial charge in [-0.05, 0) is 18.3 Å². The van der Waals surface area contributed by atoms with Crippen LogP contribution in [0.3, 0.4) is 0 Å². The van der Waals surface area contributed by atoms with E-state index in [0.717, 1.165) is 18.2 Å². The molecule has 0 radical (unpaired) electrons. The van der Waals surface area contributed by atoms with Crippen molar-refractivity contribution < 1.29 is 0 Å². The van der Waals surface area contributed by atoms with Crippen LogP contribution in [0.2, 0.25) is 0 Å². The van der Waals surface area contributed by atoms with E-state index < -0.39 is 11.1 Å². The van der Waals surface area contributed by atoms with E-state index in [2.05, 4.69) is 15.9 Å². The van der Waals surface area contributed by atoms with Crippen LogP contribution in [0.15, 0.2) is 22.0 Å². The molecule has 1 heterocycles. The van der Waals surface area contributed by atoms with Gasteiger partial charge in [-0.25, -0.2) is 0 Å². The van der Waals surface area contributed by atoms with E-state index in [1.165, 1.54) is 9.13 Å². The Morgan fingerprint density at radius 1 is 1.33 bits per heavy atom. The van der Waals surface area contributed by atoms with Crippen LogP contribution in [0.5, 0.6) is 0 Å². The summed E-state index contributed by atoms with van der Waals surface area (Å²) in [5, 5.41) is 0.891. The molecular weight excluding hydrogens is 260 g/mol. The average molecular weight is 273 g/mol. The van der Waals surface area contributed by atoms with Crippen molar-refractivity contribution in [1.82, 2.24) is 9.13 Å². The molecule has 2 rings (SSSR count). The molecule has 0 N–H and O–H groups in total. The van der Waals surface area contributed by atoms with Crippen molar-refractivity contribution in [2.45, 2.75) is 19.4 Å². The molecule has 4 nitrogen and oxygen atoms in total. The summed E-state index contributed by atoms with van der Waals surface area (Å²) in [4.78, 5) is 23.0. The Balaban J connectivity index is 2.35. The van der Waals surface area contributed by atoms with Crippen molar-refractivity contribution in [3.05, 3.63) is 33.1 Å². The van der Waals surface area contributed by atoms with Gasteiger partial charge in [-0.15, -0.1) is 0 Å². The van der Waals surface area contributed by atoms with Crippen molar-refractivity contribution in [3.8, 4) is 0 Å². The highest BCUT2D eigenvalue weighted by Gasteiger charge is 2.41. The zero-order valence-corrected chi connectivity index (χ0v) is 10.2. The predicted molar refractivity (Wildman–Crippen MR) is 61.4 cm³/mol. The van der Waals surface area contributed by atoms with Gasteiger partial charge in [0.1, 0.15) is 0 Å². The van der Waals surface area contributed by atoms with Gasteiger partial charge in [0, 0.05) is 31.3 Å². The molecule has 0 aliphatic heterocycles. The second-order valence-corrected chi connectivity index (χ2v) is 4.84. The highest BCUT2D eigenvalue weighted by Crippen LogP contribution is 2.48. The van der Waals surface area contributed by atoms with Gasteiger partial charge < -0.3 is 9.13 Å². The lowest BCUT2D eigenvalue weighted by molar-refractivity contribution is 0.459. The number of hydrogen-bond acceptors (Lipinski definition) is 2. The maximum Gasteiger partial charge on any atom is 0.316 e. The van der Waals surface area contributed by atoms with Crippen molar-refractivity contribution in [1.29, 1.82) is 0 Å². The molecule has 1 fully saturated rings. The van der Waals surface area contributed by atoms with E-state index in [1.54, 1.807) is 19.4 Å². The molecule has 1 aromatic heterocycles. The number of nitrogens with zero attached hydrogens (tertiary/aromatic N) is 2. The van der Waals surface area contributed by atoms with Crippen LogP contribution < -0.4 is 11.1 Å². The summed E-state index contributed by atoms with van der Waals surface area (Å²) in [6.45, 7) is 0.646. The van der Waals surface area contributed by atoms with Crippen molar-refractivity contribution in [2.75, 3.05) is 5.33 Å². The molecule has 15 heavy (non-hydrogen) atoms. The van der Waals surface area contributed by atoms with Crippen LogP contribution in [0.1, 0.15) is 12.8 Å². The lowest BCUT2D eigenvalue weighted by atomic mass is 10.1. The molecule has 0 bridgehead atoms. The van der Waals surface area contributed by atoms with Gasteiger partial charge in [0.15, 0.2) is 0 Å². The highest BCUT2D eigenvalue weighted by molar-refractivity contribution is 9.09. The maximum atomic E-state index is 11.6. The number of halogens is 1. The van der Waals surface area contributed by atoms with Crippen molar-refractivity contribution in [3.63, 3.8) is 0 Å². The topological polar surface area (TPSA) is 44.0 Å². The van der Waals surface area contributed by atoms with E-state index in [4.69, 9.17) is 0 Å². The van der Waals surface area contributed by atoms with Crippen LogP contribution >= 0.6 is 15.9 Å². The minimum atomic E-state index is -0.456. The third-order valence-electron chi connectivity index (χ3n) is 2.98. The van der Waals surface area contributed by atoms with Gasteiger partial charge in [-0.3, -0.25) is 9.59 Å². The molecule has 1 aliphatic rings. The number of rotatable bonds is 3. The first-order valence-corrected chi connectivity index (χ1v) is 6.02. The largest absolute Gasteiger partial charge is 0.316 e. The minimum absolute atomic E-state index is 0.205. The zero-order chi connectivity index (χ0) is 11.1. The Morgan fingerprint density at radius 3 is 2.53 bits per heavy atom. The number of aryl methyl sites for hydroxylation is 1.